The Balaban J connectivity index is 1.20. The summed E-state index contributed by atoms with van der Waals surface area (Å²) in [6.07, 6.45) is -1.88. The van der Waals surface area contributed by atoms with Crippen molar-refractivity contribution in [3.8, 4) is 17.2 Å². The van der Waals surface area contributed by atoms with Gasteiger partial charge < -0.3 is 35.0 Å². The number of carbonyl (C=O) groups excluding carboxylic acids is 2. The maximum Gasteiger partial charge on any atom is 0.202 e. The summed E-state index contributed by atoms with van der Waals surface area (Å²) in [5, 5.41) is 48.2. The minimum absolute atomic E-state index is 0.0102. The van der Waals surface area contributed by atoms with Gasteiger partial charge in [0.2, 0.25) is 5.78 Å². The van der Waals surface area contributed by atoms with Crippen LogP contribution in [0.1, 0.15) is 61.2 Å². The van der Waals surface area contributed by atoms with Crippen molar-refractivity contribution in [3.63, 3.8) is 0 Å². The van der Waals surface area contributed by atoms with E-state index in [1.165, 1.54) is 36.3 Å². The Bertz CT molecular complexity index is 1780. The molecule has 0 radical (unpaired) electrons. The first-order chi connectivity index (χ1) is 20.7. The average molecular weight is 600 g/mol. The minimum atomic E-state index is -1.69. The number of nitrogens with zero attached hydrogens (tertiary/aromatic N) is 3. The number of piperazine rings is 1. The fourth-order valence-corrected chi connectivity index (χ4v) is 7.53. The largest absolute Gasteiger partial charge is 0.507 e. The van der Waals surface area contributed by atoms with Crippen LogP contribution in [0.3, 0.4) is 0 Å². The van der Waals surface area contributed by atoms with E-state index in [4.69, 9.17) is 9.72 Å². The van der Waals surface area contributed by atoms with E-state index in [1.807, 2.05) is 18.2 Å². The first-order valence-corrected chi connectivity index (χ1v) is 14.9. The molecule has 2 unspecified atom stereocenters. The zero-order valence-electron chi connectivity index (χ0n) is 23.3. The van der Waals surface area contributed by atoms with Crippen LogP contribution in [0.25, 0.3) is 0 Å². The highest BCUT2D eigenvalue weighted by Crippen LogP contribution is 2.53. The van der Waals surface area contributed by atoms with Gasteiger partial charge in [0.15, 0.2) is 10.9 Å². The van der Waals surface area contributed by atoms with Gasteiger partial charge in [-0.15, -0.1) is 11.3 Å². The number of methoxy groups -OCH3 is 1. The van der Waals surface area contributed by atoms with Gasteiger partial charge in [0.25, 0.3) is 0 Å². The highest BCUT2D eigenvalue weighted by molar-refractivity contribution is 7.13. The lowest BCUT2D eigenvalue weighted by atomic mass is 9.72. The summed E-state index contributed by atoms with van der Waals surface area (Å²) in [5.74, 6) is -2.31. The van der Waals surface area contributed by atoms with E-state index in [0.29, 0.717) is 5.69 Å². The molecule has 7 rings (SSSR count). The number of hydrogen-bond donors (Lipinski definition) is 4. The number of phenolic OH excluding ortho intramolecular Hbond substituents is 2. The number of phenols is 2. The molecule has 0 saturated carbocycles. The van der Waals surface area contributed by atoms with Gasteiger partial charge in [-0.25, -0.2) is 4.98 Å². The van der Waals surface area contributed by atoms with Crippen molar-refractivity contribution in [1.82, 2.24) is 4.98 Å². The van der Waals surface area contributed by atoms with Crippen LogP contribution >= 0.6 is 11.3 Å². The van der Waals surface area contributed by atoms with Gasteiger partial charge in [0, 0.05) is 66.8 Å². The quantitative estimate of drug-likeness (QED) is 0.227. The molecule has 220 valence electrons. The second kappa shape index (κ2) is 10.1. The van der Waals surface area contributed by atoms with Crippen molar-refractivity contribution in [2.24, 2.45) is 0 Å². The number of aliphatic hydroxyl groups is 2. The molecular weight excluding hydrogens is 570 g/mol. The zero-order valence-corrected chi connectivity index (χ0v) is 24.1. The fourth-order valence-electron chi connectivity index (χ4n) is 6.56. The molecule has 2 aliphatic carbocycles. The van der Waals surface area contributed by atoms with Crippen LogP contribution in [-0.4, -0.2) is 70.3 Å². The van der Waals surface area contributed by atoms with Gasteiger partial charge in [-0.2, -0.15) is 0 Å². The normalized spacial score (nSPS) is 21.3. The molecule has 3 aromatic carbocycles. The molecule has 43 heavy (non-hydrogen) atoms. The summed E-state index contributed by atoms with van der Waals surface area (Å²) >= 11 is 1.39. The molecule has 10 nitrogen and oxygen atoms in total. The van der Waals surface area contributed by atoms with Crippen LogP contribution in [0.5, 0.6) is 17.2 Å². The first kappa shape index (κ1) is 27.4. The SMILES string of the molecule is COc1cccc2c1C(=O)c1c(O)c3c(c(O)c1C2=O)CC(O)(c1csc(N2CCN(c4ccccc4)CC2)n1)CC3O. The van der Waals surface area contributed by atoms with Crippen LogP contribution in [0.2, 0.25) is 0 Å². The molecule has 1 aromatic heterocycles. The third-order valence-electron chi connectivity index (χ3n) is 8.74. The van der Waals surface area contributed by atoms with Crippen molar-refractivity contribution < 1.29 is 34.8 Å². The standard InChI is InChI=1S/C32H29N3O7S/c1-42-21-9-5-8-18-24(21)30(40)26-25(27(18)37)28(38)19-14-32(41,15-20(36)23(19)29(26)39)22-16-43-31(33-22)35-12-10-34(11-13-35)17-6-3-2-4-7-17/h2-9,16,20,36,38-39,41H,10-15H2,1H3. The van der Waals surface area contributed by atoms with Crippen molar-refractivity contribution in [3.05, 3.63) is 93.0 Å². The number of rotatable bonds is 4. The average Bonchev–Trinajstić information content (AvgIpc) is 3.53. The monoisotopic (exact) mass is 599 g/mol. The third kappa shape index (κ3) is 4.18. The zero-order chi connectivity index (χ0) is 30.0. The van der Waals surface area contributed by atoms with Crippen LogP contribution < -0.4 is 14.5 Å². The van der Waals surface area contributed by atoms with Gasteiger partial charge in [-0.05, 0) is 18.2 Å². The summed E-state index contributed by atoms with van der Waals surface area (Å²) in [4.78, 5) is 36.3. The number of anilines is 2. The lowest BCUT2D eigenvalue weighted by Crippen LogP contribution is -2.46. The van der Waals surface area contributed by atoms with E-state index in [0.717, 1.165) is 31.3 Å². The second-order valence-corrected chi connectivity index (χ2v) is 12.0. The van der Waals surface area contributed by atoms with Crippen LogP contribution in [0.15, 0.2) is 53.9 Å². The van der Waals surface area contributed by atoms with E-state index < -0.39 is 34.8 Å². The van der Waals surface area contributed by atoms with Gasteiger partial charge in [0.1, 0.15) is 22.8 Å². The molecule has 0 bridgehead atoms. The maximum absolute atomic E-state index is 13.6. The first-order valence-electron chi connectivity index (χ1n) is 14.0. The molecule has 3 aliphatic rings. The lowest BCUT2D eigenvalue weighted by Gasteiger charge is -2.37. The van der Waals surface area contributed by atoms with Crippen molar-refractivity contribution in [2.75, 3.05) is 43.1 Å². The lowest BCUT2D eigenvalue weighted by molar-refractivity contribution is -0.0307. The molecule has 11 heteroatoms. The Kier molecular flexibility index (Phi) is 6.42. The van der Waals surface area contributed by atoms with E-state index in [2.05, 4.69) is 21.9 Å². The number of thiazole rings is 1. The molecular formula is C32H29N3O7S. The molecule has 2 atom stereocenters. The molecule has 1 fully saturated rings. The number of carbonyl (C=O) groups is 2. The van der Waals surface area contributed by atoms with Crippen LogP contribution in [0.4, 0.5) is 10.8 Å². The van der Waals surface area contributed by atoms with Crippen molar-refractivity contribution in [1.29, 1.82) is 0 Å². The van der Waals surface area contributed by atoms with Gasteiger partial charge >= 0.3 is 0 Å². The summed E-state index contributed by atoms with van der Waals surface area (Å²) in [6.45, 7) is 3.12. The number of aromatic nitrogens is 1. The Morgan fingerprint density at radius 2 is 1.60 bits per heavy atom. The topological polar surface area (TPSA) is 144 Å². The van der Waals surface area contributed by atoms with E-state index in [1.54, 1.807) is 11.4 Å². The molecule has 1 aliphatic heterocycles. The summed E-state index contributed by atoms with van der Waals surface area (Å²) in [6, 6.07) is 14.7. The van der Waals surface area contributed by atoms with Gasteiger partial charge in [0.05, 0.1) is 35.6 Å². The van der Waals surface area contributed by atoms with Crippen LogP contribution in [0, 0.1) is 0 Å². The van der Waals surface area contributed by atoms with Crippen molar-refractivity contribution >= 4 is 33.7 Å². The molecule has 0 spiro atoms. The molecule has 4 N–H and O–H groups in total. The Morgan fingerprint density at radius 1 is 0.907 bits per heavy atom. The maximum atomic E-state index is 13.6. The Morgan fingerprint density at radius 3 is 2.33 bits per heavy atom. The van der Waals surface area contributed by atoms with Gasteiger partial charge in [-0.3, -0.25) is 9.59 Å². The number of fused-ring (bicyclic) bond motifs is 3. The van der Waals surface area contributed by atoms with E-state index in [9.17, 15) is 30.0 Å². The predicted molar refractivity (Wildman–Crippen MR) is 160 cm³/mol. The number of ether oxygens (including phenoxy) is 1. The smallest absolute Gasteiger partial charge is 0.202 e. The predicted octanol–water partition coefficient (Wildman–Crippen LogP) is 3.53. The summed E-state index contributed by atoms with van der Waals surface area (Å²) in [7, 11) is 1.37. The second-order valence-electron chi connectivity index (χ2n) is 11.1. The summed E-state index contributed by atoms with van der Waals surface area (Å²) in [5.41, 5.74) is -0.969. The minimum Gasteiger partial charge on any atom is -0.507 e. The molecule has 1 saturated heterocycles. The molecule has 0 amide bonds. The van der Waals surface area contributed by atoms with Crippen molar-refractivity contribution in [2.45, 2.75) is 24.5 Å². The summed E-state index contributed by atoms with van der Waals surface area (Å²) < 4.78 is 5.29. The fraction of sp³-hybridized carbons (Fsp3) is 0.281. The van der Waals surface area contributed by atoms with Gasteiger partial charge in [-0.1, -0.05) is 30.3 Å². The Labute approximate surface area is 251 Å². The molecule has 4 aromatic rings. The van der Waals surface area contributed by atoms with E-state index >= 15 is 0 Å². The molecule has 2 heterocycles. The number of hydrogen-bond acceptors (Lipinski definition) is 11. The number of benzene rings is 3. The van der Waals surface area contributed by atoms with E-state index in [-0.39, 0.29) is 52.0 Å². The number of para-hydroxylation sites is 1. The highest BCUT2D eigenvalue weighted by Gasteiger charge is 2.47. The number of aromatic hydroxyl groups is 2. The number of aliphatic hydroxyl groups excluding tert-OH is 1. The highest BCUT2D eigenvalue weighted by atomic mass is 32.1. The van der Waals surface area contributed by atoms with Crippen LogP contribution in [-0.2, 0) is 12.0 Å². The number of ketones is 2. The third-order valence-corrected chi connectivity index (χ3v) is 9.64. The Hall–Kier alpha value is -4.45.